The molecule has 0 atom stereocenters. The third-order valence-electron chi connectivity index (χ3n) is 4.32. The molecule has 0 aliphatic heterocycles. The van der Waals surface area contributed by atoms with E-state index in [2.05, 4.69) is 15.5 Å². The highest BCUT2D eigenvalue weighted by Crippen LogP contribution is 2.22. The first-order valence-corrected chi connectivity index (χ1v) is 8.61. The van der Waals surface area contributed by atoms with Gasteiger partial charge in [0, 0.05) is 42.8 Å². The van der Waals surface area contributed by atoms with Crippen molar-refractivity contribution in [2.45, 2.75) is 0 Å². The van der Waals surface area contributed by atoms with Crippen molar-refractivity contribution in [3.8, 4) is 11.4 Å². The molecule has 1 N–H and O–H groups in total. The zero-order valence-electron chi connectivity index (χ0n) is 15.1. The molecule has 0 saturated heterocycles. The molecule has 0 radical (unpaired) electrons. The summed E-state index contributed by atoms with van der Waals surface area (Å²) in [4.78, 5) is 14.6. The van der Waals surface area contributed by atoms with E-state index in [0.717, 1.165) is 22.7 Å². The van der Waals surface area contributed by atoms with Crippen molar-refractivity contribution >= 4 is 22.9 Å². The van der Waals surface area contributed by atoms with Crippen LogP contribution in [-0.2, 0) is 0 Å². The van der Waals surface area contributed by atoms with E-state index in [9.17, 15) is 4.79 Å². The maximum absolute atomic E-state index is 12.6. The molecule has 2 heterocycles. The fraction of sp³-hybridized carbons (Fsp3) is 0.0952. The molecule has 2 aromatic heterocycles. The Morgan fingerprint density at radius 3 is 2.67 bits per heavy atom. The lowest BCUT2D eigenvalue weighted by molar-refractivity contribution is 0.102. The average Bonchev–Trinajstić information content (AvgIpc) is 3.12. The number of nitrogens with zero attached hydrogens (tertiary/aromatic N) is 4. The van der Waals surface area contributed by atoms with E-state index < -0.39 is 0 Å². The van der Waals surface area contributed by atoms with Gasteiger partial charge in [-0.1, -0.05) is 24.3 Å². The first kappa shape index (κ1) is 16.8. The Balaban J connectivity index is 1.61. The lowest BCUT2D eigenvalue weighted by atomic mass is 10.1. The van der Waals surface area contributed by atoms with Crippen molar-refractivity contribution in [3.05, 3.63) is 78.5 Å². The van der Waals surface area contributed by atoms with Crippen molar-refractivity contribution in [2.75, 3.05) is 24.3 Å². The molecule has 1 amide bonds. The number of aromatic nitrogens is 3. The number of hydrogen-bond acceptors (Lipinski definition) is 4. The number of carbonyl (C=O) groups is 1. The molecule has 0 aliphatic rings. The highest BCUT2D eigenvalue weighted by Gasteiger charge is 2.11. The van der Waals surface area contributed by atoms with Crippen LogP contribution in [0.1, 0.15) is 10.4 Å². The smallest absolute Gasteiger partial charge is 0.255 e. The van der Waals surface area contributed by atoms with Gasteiger partial charge >= 0.3 is 0 Å². The molecule has 0 bridgehead atoms. The number of hydrogen-bond donors (Lipinski definition) is 1. The fourth-order valence-corrected chi connectivity index (χ4v) is 2.90. The second-order valence-electron chi connectivity index (χ2n) is 6.43. The van der Waals surface area contributed by atoms with Crippen LogP contribution in [0.4, 0.5) is 11.4 Å². The van der Waals surface area contributed by atoms with Gasteiger partial charge in [-0.3, -0.25) is 9.20 Å². The highest BCUT2D eigenvalue weighted by molar-refractivity contribution is 6.05. The van der Waals surface area contributed by atoms with Crippen LogP contribution >= 0.6 is 0 Å². The Bertz CT molecular complexity index is 1120. The third-order valence-corrected chi connectivity index (χ3v) is 4.32. The summed E-state index contributed by atoms with van der Waals surface area (Å²) in [5, 5.41) is 11.4. The van der Waals surface area contributed by atoms with E-state index in [4.69, 9.17) is 0 Å². The summed E-state index contributed by atoms with van der Waals surface area (Å²) in [5.41, 5.74) is 3.96. The van der Waals surface area contributed by atoms with Crippen LogP contribution in [0.3, 0.4) is 0 Å². The summed E-state index contributed by atoms with van der Waals surface area (Å²) in [5.74, 6) is 0.582. The Kier molecular flexibility index (Phi) is 4.30. The van der Waals surface area contributed by atoms with Crippen LogP contribution < -0.4 is 10.2 Å². The molecule has 0 saturated carbocycles. The molecule has 4 rings (SSSR count). The predicted octanol–water partition coefficient (Wildman–Crippen LogP) is 3.71. The molecule has 0 unspecified atom stereocenters. The van der Waals surface area contributed by atoms with Gasteiger partial charge in [0.05, 0.1) is 0 Å². The van der Waals surface area contributed by atoms with Gasteiger partial charge in [-0.2, -0.15) is 0 Å². The number of benzene rings is 2. The molecule has 0 aliphatic carbocycles. The molecule has 134 valence electrons. The van der Waals surface area contributed by atoms with Gasteiger partial charge < -0.3 is 10.2 Å². The maximum atomic E-state index is 12.6. The van der Waals surface area contributed by atoms with Crippen molar-refractivity contribution in [2.24, 2.45) is 0 Å². The average molecular weight is 357 g/mol. The first-order chi connectivity index (χ1) is 13.1. The molecule has 27 heavy (non-hydrogen) atoms. The van der Waals surface area contributed by atoms with Gasteiger partial charge in [-0.25, -0.2) is 0 Å². The molecule has 2 aromatic carbocycles. The number of carbonyl (C=O) groups excluding carboxylic acids is 1. The molecule has 6 heteroatoms. The lowest BCUT2D eigenvalue weighted by Gasteiger charge is -2.13. The normalized spacial score (nSPS) is 10.7. The number of nitrogens with one attached hydrogen (secondary N) is 1. The summed E-state index contributed by atoms with van der Waals surface area (Å²) in [6.07, 6.45) is 1.92. The second-order valence-corrected chi connectivity index (χ2v) is 6.43. The fourth-order valence-electron chi connectivity index (χ4n) is 2.90. The van der Waals surface area contributed by atoms with E-state index in [1.165, 1.54) is 0 Å². The zero-order valence-corrected chi connectivity index (χ0v) is 15.1. The van der Waals surface area contributed by atoms with Gasteiger partial charge in [0.2, 0.25) is 0 Å². The van der Waals surface area contributed by atoms with Gasteiger partial charge in [-0.15, -0.1) is 10.2 Å². The molecule has 4 aromatic rings. The highest BCUT2D eigenvalue weighted by atomic mass is 16.1. The predicted molar refractivity (Wildman–Crippen MR) is 107 cm³/mol. The summed E-state index contributed by atoms with van der Waals surface area (Å²) < 4.78 is 1.92. The number of pyridine rings is 1. The largest absolute Gasteiger partial charge is 0.378 e. The minimum absolute atomic E-state index is 0.151. The summed E-state index contributed by atoms with van der Waals surface area (Å²) in [6, 6.07) is 20.9. The second kappa shape index (κ2) is 6.92. The number of fused-ring (bicyclic) bond motifs is 1. The maximum Gasteiger partial charge on any atom is 0.255 e. The summed E-state index contributed by atoms with van der Waals surface area (Å²) in [6.45, 7) is 0. The Hall–Kier alpha value is -3.67. The van der Waals surface area contributed by atoms with Gasteiger partial charge in [-0.05, 0) is 42.5 Å². The van der Waals surface area contributed by atoms with Crippen LogP contribution in [0.15, 0.2) is 72.9 Å². The first-order valence-electron chi connectivity index (χ1n) is 8.61. The van der Waals surface area contributed by atoms with Crippen molar-refractivity contribution in [1.82, 2.24) is 14.6 Å². The van der Waals surface area contributed by atoms with Gasteiger partial charge in [0.25, 0.3) is 5.91 Å². The monoisotopic (exact) mass is 357 g/mol. The minimum atomic E-state index is -0.151. The lowest BCUT2D eigenvalue weighted by Crippen LogP contribution is -2.14. The van der Waals surface area contributed by atoms with Crippen LogP contribution in [0.2, 0.25) is 0 Å². The third kappa shape index (κ3) is 3.37. The zero-order chi connectivity index (χ0) is 18.8. The summed E-state index contributed by atoms with van der Waals surface area (Å²) in [7, 11) is 3.90. The van der Waals surface area contributed by atoms with Gasteiger partial charge in [0.15, 0.2) is 11.5 Å². The van der Waals surface area contributed by atoms with Crippen molar-refractivity contribution < 1.29 is 4.79 Å². The number of anilines is 2. The number of amides is 1. The van der Waals surface area contributed by atoms with Crippen molar-refractivity contribution in [3.63, 3.8) is 0 Å². The van der Waals surface area contributed by atoms with Crippen LogP contribution in [0.25, 0.3) is 17.0 Å². The molecule has 6 nitrogen and oxygen atoms in total. The molecule has 0 fully saturated rings. The van der Waals surface area contributed by atoms with Crippen LogP contribution in [0, 0.1) is 0 Å². The minimum Gasteiger partial charge on any atom is -0.378 e. The van der Waals surface area contributed by atoms with Crippen LogP contribution in [0.5, 0.6) is 0 Å². The topological polar surface area (TPSA) is 62.5 Å². The Morgan fingerprint density at radius 1 is 0.963 bits per heavy atom. The SMILES string of the molecule is CN(C)c1cccc(C(=O)Nc2cccc(-c3nnc4ccccn34)c2)c1. The number of rotatable bonds is 4. The van der Waals surface area contributed by atoms with E-state index in [0.29, 0.717) is 11.3 Å². The van der Waals surface area contributed by atoms with E-state index in [1.807, 2.05) is 90.3 Å². The quantitative estimate of drug-likeness (QED) is 0.605. The van der Waals surface area contributed by atoms with Crippen molar-refractivity contribution in [1.29, 1.82) is 0 Å². The van der Waals surface area contributed by atoms with E-state index in [1.54, 1.807) is 6.07 Å². The molecular weight excluding hydrogens is 338 g/mol. The summed E-state index contributed by atoms with van der Waals surface area (Å²) >= 11 is 0. The molecule has 0 spiro atoms. The van der Waals surface area contributed by atoms with Crippen LogP contribution in [-0.4, -0.2) is 34.6 Å². The Morgan fingerprint density at radius 2 is 1.81 bits per heavy atom. The standard InChI is InChI=1S/C21H19N5O/c1-25(2)18-10-6-8-16(14-18)21(27)22-17-9-5-7-15(13-17)20-24-23-19-11-3-4-12-26(19)20/h3-14H,1-2H3,(H,22,27). The van der Waals surface area contributed by atoms with E-state index >= 15 is 0 Å². The Labute approximate surface area is 157 Å². The van der Waals surface area contributed by atoms with E-state index in [-0.39, 0.29) is 5.91 Å². The molecular formula is C21H19N5O. The van der Waals surface area contributed by atoms with Gasteiger partial charge in [0.1, 0.15) is 0 Å².